The molecular weight excluding hydrogens is 414 g/mol. The molecule has 1 N–H and O–H groups in total. The molecule has 2 aliphatic heterocycles. The molecule has 7 heteroatoms. The molecule has 3 aliphatic rings. The molecule has 3 fully saturated rings. The standard InChI is InChI=1S/C24H32ClN3O3/c1-18-23(31)27(12-3-11-26-13-10-24(8-9-24)21(29)17-26)14-15-28(18)22(30)7-6-19-4-2-5-20(25)16-19/h2,4-7,16,18,21,29H,3,8-15,17H2,1H3/t18-,21+/m0/s1. The molecule has 4 rings (SSSR count). The molecule has 0 unspecified atom stereocenters. The highest BCUT2D eigenvalue weighted by molar-refractivity contribution is 6.30. The fraction of sp³-hybridized carbons (Fsp3) is 0.583. The van der Waals surface area contributed by atoms with Crippen LogP contribution in [0.3, 0.4) is 0 Å². The number of rotatable bonds is 6. The molecule has 1 spiro atoms. The van der Waals surface area contributed by atoms with Crippen LogP contribution in [0.1, 0.15) is 38.2 Å². The molecule has 0 bridgehead atoms. The first-order valence-corrected chi connectivity index (χ1v) is 11.7. The van der Waals surface area contributed by atoms with Gasteiger partial charge in [0.25, 0.3) is 0 Å². The number of aliphatic hydroxyl groups excluding tert-OH is 1. The lowest BCUT2D eigenvalue weighted by atomic mass is 9.90. The number of likely N-dealkylation sites (tertiary alicyclic amines) is 1. The molecule has 0 radical (unpaired) electrons. The summed E-state index contributed by atoms with van der Waals surface area (Å²) < 4.78 is 0. The highest BCUT2D eigenvalue weighted by atomic mass is 35.5. The van der Waals surface area contributed by atoms with Gasteiger partial charge in [0.05, 0.1) is 6.10 Å². The van der Waals surface area contributed by atoms with Gasteiger partial charge in [0, 0.05) is 37.3 Å². The number of hydrogen-bond donors (Lipinski definition) is 1. The van der Waals surface area contributed by atoms with Crippen LogP contribution in [-0.4, -0.2) is 83.0 Å². The molecule has 2 heterocycles. The predicted octanol–water partition coefficient (Wildman–Crippen LogP) is 2.65. The number of β-amino-alcohol motifs (C(OH)–C–C–N with tert-alkyl or cyclic N) is 1. The zero-order chi connectivity index (χ0) is 22.0. The summed E-state index contributed by atoms with van der Waals surface area (Å²) in [6.07, 6.45) is 7.37. The van der Waals surface area contributed by atoms with Gasteiger partial charge < -0.3 is 19.8 Å². The van der Waals surface area contributed by atoms with Crippen LogP contribution in [0.15, 0.2) is 30.3 Å². The largest absolute Gasteiger partial charge is 0.391 e. The van der Waals surface area contributed by atoms with Gasteiger partial charge in [-0.05, 0) is 74.9 Å². The number of carbonyl (C=O) groups is 2. The molecule has 6 nitrogen and oxygen atoms in total. The second-order valence-electron chi connectivity index (χ2n) is 9.20. The summed E-state index contributed by atoms with van der Waals surface area (Å²) in [5, 5.41) is 11.0. The number of hydrogen-bond acceptors (Lipinski definition) is 4. The number of amides is 2. The summed E-state index contributed by atoms with van der Waals surface area (Å²) in [5.74, 6) is -0.150. The first kappa shape index (κ1) is 22.3. The van der Waals surface area contributed by atoms with Gasteiger partial charge in [-0.1, -0.05) is 23.7 Å². The van der Waals surface area contributed by atoms with Gasteiger partial charge in [0.1, 0.15) is 6.04 Å². The number of piperidine rings is 1. The van der Waals surface area contributed by atoms with Crippen molar-refractivity contribution in [1.82, 2.24) is 14.7 Å². The Morgan fingerprint density at radius 2 is 2.03 bits per heavy atom. The summed E-state index contributed by atoms with van der Waals surface area (Å²) in [6, 6.07) is 6.85. The maximum absolute atomic E-state index is 12.8. The van der Waals surface area contributed by atoms with Crippen molar-refractivity contribution in [3.8, 4) is 0 Å². The maximum Gasteiger partial charge on any atom is 0.247 e. The predicted molar refractivity (Wildman–Crippen MR) is 122 cm³/mol. The minimum absolute atomic E-state index is 0.00590. The van der Waals surface area contributed by atoms with Crippen LogP contribution >= 0.6 is 11.6 Å². The Labute approximate surface area is 189 Å². The van der Waals surface area contributed by atoms with Crippen LogP contribution in [-0.2, 0) is 9.59 Å². The van der Waals surface area contributed by atoms with Gasteiger partial charge in [-0.3, -0.25) is 9.59 Å². The van der Waals surface area contributed by atoms with Crippen molar-refractivity contribution < 1.29 is 14.7 Å². The van der Waals surface area contributed by atoms with E-state index in [0.29, 0.717) is 24.7 Å². The Kier molecular flexibility index (Phi) is 6.70. The van der Waals surface area contributed by atoms with E-state index in [1.54, 1.807) is 30.0 Å². The Balaban J connectivity index is 1.23. The molecule has 2 amide bonds. The van der Waals surface area contributed by atoms with Crippen LogP contribution in [0.4, 0.5) is 0 Å². The molecule has 168 valence electrons. The number of benzene rings is 1. The minimum atomic E-state index is -0.461. The Hall–Kier alpha value is -1.89. The highest BCUT2D eigenvalue weighted by Gasteiger charge is 2.51. The van der Waals surface area contributed by atoms with E-state index in [0.717, 1.165) is 38.0 Å². The van der Waals surface area contributed by atoms with E-state index in [4.69, 9.17) is 11.6 Å². The van der Waals surface area contributed by atoms with Crippen LogP contribution in [0.5, 0.6) is 0 Å². The third-order valence-electron chi connectivity index (χ3n) is 7.16. The van der Waals surface area contributed by atoms with Crippen LogP contribution in [0, 0.1) is 5.41 Å². The van der Waals surface area contributed by atoms with Crippen LogP contribution < -0.4 is 0 Å². The van der Waals surface area contributed by atoms with Crippen molar-refractivity contribution in [2.75, 3.05) is 39.3 Å². The Bertz CT molecular complexity index is 854. The summed E-state index contributed by atoms with van der Waals surface area (Å²) in [7, 11) is 0. The van der Waals surface area contributed by atoms with E-state index in [-0.39, 0.29) is 23.3 Å². The number of piperazine rings is 1. The average molecular weight is 446 g/mol. The third kappa shape index (κ3) is 5.13. The quantitative estimate of drug-likeness (QED) is 0.684. The summed E-state index contributed by atoms with van der Waals surface area (Å²) in [4.78, 5) is 31.3. The zero-order valence-corrected chi connectivity index (χ0v) is 18.9. The van der Waals surface area contributed by atoms with Crippen molar-refractivity contribution in [3.05, 3.63) is 40.9 Å². The van der Waals surface area contributed by atoms with Gasteiger partial charge in [0.2, 0.25) is 11.8 Å². The average Bonchev–Trinajstić information content (AvgIpc) is 3.53. The number of halogens is 1. The molecule has 2 atom stereocenters. The molecule has 0 aromatic heterocycles. The van der Waals surface area contributed by atoms with E-state index in [1.807, 2.05) is 17.0 Å². The molecule has 1 saturated carbocycles. The summed E-state index contributed by atoms with van der Waals surface area (Å²) >= 11 is 5.99. The van der Waals surface area contributed by atoms with E-state index in [9.17, 15) is 14.7 Å². The number of nitrogens with zero attached hydrogens (tertiary/aromatic N) is 3. The second-order valence-corrected chi connectivity index (χ2v) is 9.64. The van der Waals surface area contributed by atoms with Crippen LogP contribution in [0.2, 0.25) is 5.02 Å². The number of aliphatic hydroxyl groups is 1. The van der Waals surface area contributed by atoms with E-state index in [2.05, 4.69) is 4.90 Å². The SMILES string of the molecule is C[C@H]1C(=O)N(CCCN2CCC3(CC3)[C@H](O)C2)CCN1C(=O)C=Cc1cccc(Cl)c1. The lowest BCUT2D eigenvalue weighted by molar-refractivity contribution is -0.148. The molecule has 1 aromatic carbocycles. The Morgan fingerprint density at radius 1 is 1.23 bits per heavy atom. The van der Waals surface area contributed by atoms with E-state index in [1.165, 1.54) is 18.9 Å². The van der Waals surface area contributed by atoms with Crippen molar-refractivity contribution in [2.24, 2.45) is 5.41 Å². The van der Waals surface area contributed by atoms with Gasteiger partial charge >= 0.3 is 0 Å². The third-order valence-corrected chi connectivity index (χ3v) is 7.39. The van der Waals surface area contributed by atoms with Gasteiger partial charge in [0.15, 0.2) is 0 Å². The first-order chi connectivity index (χ1) is 14.9. The van der Waals surface area contributed by atoms with Gasteiger partial charge in [-0.15, -0.1) is 0 Å². The normalized spacial score (nSPS) is 26.1. The summed E-state index contributed by atoms with van der Waals surface area (Å²) in [6.45, 7) is 6.30. The first-order valence-electron chi connectivity index (χ1n) is 11.3. The fourth-order valence-electron chi connectivity index (χ4n) is 4.84. The lowest BCUT2D eigenvalue weighted by Gasteiger charge is -2.39. The fourth-order valence-corrected chi connectivity index (χ4v) is 5.03. The molecule has 2 saturated heterocycles. The molecule has 31 heavy (non-hydrogen) atoms. The molecular formula is C24H32ClN3O3. The zero-order valence-electron chi connectivity index (χ0n) is 18.2. The van der Waals surface area contributed by atoms with Crippen molar-refractivity contribution in [3.63, 3.8) is 0 Å². The summed E-state index contributed by atoms with van der Waals surface area (Å²) in [5.41, 5.74) is 1.08. The maximum atomic E-state index is 12.8. The van der Waals surface area contributed by atoms with Crippen LogP contribution in [0.25, 0.3) is 6.08 Å². The second kappa shape index (κ2) is 9.31. The van der Waals surface area contributed by atoms with E-state index >= 15 is 0 Å². The topological polar surface area (TPSA) is 64.1 Å². The smallest absolute Gasteiger partial charge is 0.247 e. The molecule has 1 aliphatic carbocycles. The number of carbonyl (C=O) groups excluding carboxylic acids is 2. The molecule has 1 aromatic rings. The van der Waals surface area contributed by atoms with Crippen molar-refractivity contribution in [2.45, 2.75) is 44.8 Å². The van der Waals surface area contributed by atoms with Crippen molar-refractivity contribution >= 4 is 29.5 Å². The minimum Gasteiger partial charge on any atom is -0.391 e. The van der Waals surface area contributed by atoms with Gasteiger partial charge in [-0.2, -0.15) is 0 Å². The highest BCUT2D eigenvalue weighted by Crippen LogP contribution is 2.53. The lowest BCUT2D eigenvalue weighted by Crippen LogP contribution is -2.57. The monoisotopic (exact) mass is 445 g/mol. The van der Waals surface area contributed by atoms with Gasteiger partial charge in [-0.25, -0.2) is 0 Å². The van der Waals surface area contributed by atoms with E-state index < -0.39 is 6.04 Å². The Morgan fingerprint density at radius 3 is 2.74 bits per heavy atom. The van der Waals surface area contributed by atoms with Crippen molar-refractivity contribution in [1.29, 1.82) is 0 Å².